The van der Waals surface area contributed by atoms with Crippen LogP contribution in [-0.4, -0.2) is 15.6 Å². The first-order chi connectivity index (χ1) is 10.3. The molecule has 2 fully saturated rings. The zero-order valence-corrected chi connectivity index (χ0v) is 13.6. The normalized spacial score (nSPS) is 22.7. The maximum Gasteiger partial charge on any atom is 0.203 e. The van der Waals surface area contributed by atoms with Crippen LogP contribution in [0.1, 0.15) is 88.8 Å². The van der Waals surface area contributed by atoms with Gasteiger partial charge in [0.15, 0.2) is 0 Å². The Hall–Kier alpha value is -0.990. The van der Waals surface area contributed by atoms with E-state index >= 15 is 0 Å². The van der Waals surface area contributed by atoms with E-state index in [4.69, 9.17) is 4.98 Å². The SMILES string of the molecule is Cc1cn(C2CCCCC2)c(NC2CCCCCCC2)n1. The molecule has 21 heavy (non-hydrogen) atoms. The van der Waals surface area contributed by atoms with Crippen LogP contribution in [0.4, 0.5) is 5.95 Å². The van der Waals surface area contributed by atoms with Crippen molar-refractivity contribution in [3.63, 3.8) is 0 Å². The molecule has 1 aromatic heterocycles. The lowest BCUT2D eigenvalue weighted by Crippen LogP contribution is -2.24. The van der Waals surface area contributed by atoms with E-state index in [1.54, 1.807) is 0 Å². The van der Waals surface area contributed by atoms with Crippen LogP contribution in [0.15, 0.2) is 6.20 Å². The fourth-order valence-corrected chi connectivity index (χ4v) is 4.04. The van der Waals surface area contributed by atoms with Crippen molar-refractivity contribution in [1.29, 1.82) is 0 Å². The third-order valence-electron chi connectivity index (χ3n) is 5.26. The lowest BCUT2D eigenvalue weighted by molar-refractivity contribution is 0.354. The highest BCUT2D eigenvalue weighted by Gasteiger charge is 2.20. The molecular weight excluding hydrogens is 258 g/mol. The van der Waals surface area contributed by atoms with Crippen LogP contribution in [0, 0.1) is 6.92 Å². The Balaban J connectivity index is 1.68. The number of hydrogen-bond donors (Lipinski definition) is 1. The second-order valence-electron chi connectivity index (χ2n) is 7.09. The fourth-order valence-electron chi connectivity index (χ4n) is 4.04. The zero-order valence-electron chi connectivity index (χ0n) is 13.6. The summed E-state index contributed by atoms with van der Waals surface area (Å²) in [6, 6.07) is 1.31. The Kier molecular flexibility index (Phi) is 5.21. The first-order valence-electron chi connectivity index (χ1n) is 9.15. The number of aromatic nitrogens is 2. The Morgan fingerprint density at radius 1 is 0.905 bits per heavy atom. The summed E-state index contributed by atoms with van der Waals surface area (Å²) < 4.78 is 2.45. The standard InChI is InChI=1S/C18H31N3/c1-15-14-21(17-12-8-5-9-13-17)18(19-15)20-16-10-6-3-2-4-7-11-16/h14,16-17H,2-13H2,1H3,(H,19,20). The van der Waals surface area contributed by atoms with Gasteiger partial charge in [-0.05, 0) is 32.6 Å². The fraction of sp³-hybridized carbons (Fsp3) is 0.833. The Bertz CT molecular complexity index is 424. The van der Waals surface area contributed by atoms with Gasteiger partial charge in [-0.3, -0.25) is 0 Å². The second kappa shape index (κ2) is 7.33. The molecule has 0 bridgehead atoms. The van der Waals surface area contributed by atoms with E-state index in [2.05, 4.69) is 23.0 Å². The predicted octanol–water partition coefficient (Wildman–Crippen LogP) is 5.22. The molecular formula is C18H31N3. The Morgan fingerprint density at radius 3 is 2.19 bits per heavy atom. The summed E-state index contributed by atoms with van der Waals surface area (Å²) in [5.74, 6) is 1.14. The van der Waals surface area contributed by atoms with Crippen LogP contribution >= 0.6 is 0 Å². The topological polar surface area (TPSA) is 29.9 Å². The molecule has 0 atom stereocenters. The molecule has 2 aliphatic carbocycles. The van der Waals surface area contributed by atoms with Crippen molar-refractivity contribution < 1.29 is 0 Å². The van der Waals surface area contributed by atoms with Gasteiger partial charge in [-0.15, -0.1) is 0 Å². The molecule has 0 saturated heterocycles. The van der Waals surface area contributed by atoms with Gasteiger partial charge in [0.05, 0.1) is 5.69 Å². The molecule has 3 rings (SSSR count). The first kappa shape index (κ1) is 14.9. The minimum absolute atomic E-state index is 0.634. The number of nitrogens with zero attached hydrogens (tertiary/aromatic N) is 2. The van der Waals surface area contributed by atoms with Crippen LogP contribution in [-0.2, 0) is 0 Å². The van der Waals surface area contributed by atoms with E-state index in [9.17, 15) is 0 Å². The van der Waals surface area contributed by atoms with Gasteiger partial charge in [0.2, 0.25) is 5.95 Å². The average molecular weight is 289 g/mol. The summed E-state index contributed by atoms with van der Waals surface area (Å²) in [6.07, 6.45) is 18.7. The number of aryl methyl sites for hydroxylation is 1. The molecule has 0 aliphatic heterocycles. The number of nitrogens with one attached hydrogen (secondary N) is 1. The van der Waals surface area contributed by atoms with Crippen molar-refractivity contribution >= 4 is 5.95 Å². The summed E-state index contributed by atoms with van der Waals surface area (Å²) >= 11 is 0. The summed E-state index contributed by atoms with van der Waals surface area (Å²) in [5.41, 5.74) is 1.16. The van der Waals surface area contributed by atoms with E-state index in [-0.39, 0.29) is 0 Å². The van der Waals surface area contributed by atoms with E-state index in [0.29, 0.717) is 12.1 Å². The first-order valence-corrected chi connectivity index (χ1v) is 9.15. The van der Waals surface area contributed by atoms with Gasteiger partial charge in [0.1, 0.15) is 0 Å². The van der Waals surface area contributed by atoms with Crippen molar-refractivity contribution in [2.45, 2.75) is 96.1 Å². The van der Waals surface area contributed by atoms with Crippen molar-refractivity contribution in [3.8, 4) is 0 Å². The largest absolute Gasteiger partial charge is 0.353 e. The number of rotatable bonds is 3. The van der Waals surface area contributed by atoms with Crippen molar-refractivity contribution in [2.75, 3.05) is 5.32 Å². The van der Waals surface area contributed by atoms with Crippen molar-refractivity contribution in [2.24, 2.45) is 0 Å². The lowest BCUT2D eigenvalue weighted by Gasteiger charge is -2.27. The van der Waals surface area contributed by atoms with Crippen LogP contribution in [0.25, 0.3) is 0 Å². The second-order valence-corrected chi connectivity index (χ2v) is 7.09. The van der Waals surface area contributed by atoms with Gasteiger partial charge in [-0.1, -0.05) is 51.4 Å². The van der Waals surface area contributed by atoms with Crippen LogP contribution in [0.3, 0.4) is 0 Å². The van der Waals surface area contributed by atoms with Crippen LogP contribution < -0.4 is 5.32 Å². The zero-order chi connectivity index (χ0) is 14.5. The van der Waals surface area contributed by atoms with E-state index < -0.39 is 0 Å². The molecule has 1 N–H and O–H groups in total. The minimum atomic E-state index is 0.634. The average Bonchev–Trinajstić information content (AvgIpc) is 2.83. The molecule has 118 valence electrons. The monoisotopic (exact) mass is 289 g/mol. The summed E-state index contributed by atoms with van der Waals surface area (Å²) in [5, 5.41) is 3.79. The van der Waals surface area contributed by atoms with Gasteiger partial charge in [-0.25, -0.2) is 4.98 Å². The summed E-state index contributed by atoms with van der Waals surface area (Å²) in [7, 11) is 0. The van der Waals surface area contributed by atoms with Gasteiger partial charge in [0, 0.05) is 18.3 Å². The molecule has 2 aliphatic rings. The third kappa shape index (κ3) is 4.02. The molecule has 0 spiro atoms. The number of hydrogen-bond acceptors (Lipinski definition) is 2. The lowest BCUT2D eigenvalue weighted by atomic mass is 9.95. The molecule has 0 amide bonds. The van der Waals surface area contributed by atoms with E-state index in [0.717, 1.165) is 11.6 Å². The maximum atomic E-state index is 4.79. The molecule has 3 heteroatoms. The number of imidazole rings is 1. The van der Waals surface area contributed by atoms with Gasteiger partial charge in [0.25, 0.3) is 0 Å². The van der Waals surface area contributed by atoms with Crippen LogP contribution in [0.2, 0.25) is 0 Å². The third-order valence-corrected chi connectivity index (χ3v) is 5.26. The highest BCUT2D eigenvalue weighted by Crippen LogP contribution is 2.31. The summed E-state index contributed by atoms with van der Waals surface area (Å²) in [4.78, 5) is 4.79. The molecule has 1 heterocycles. The quantitative estimate of drug-likeness (QED) is 0.826. The smallest absolute Gasteiger partial charge is 0.203 e. The van der Waals surface area contributed by atoms with Gasteiger partial charge in [-0.2, -0.15) is 0 Å². The molecule has 2 saturated carbocycles. The summed E-state index contributed by atoms with van der Waals surface area (Å²) in [6.45, 7) is 2.13. The minimum Gasteiger partial charge on any atom is -0.353 e. The van der Waals surface area contributed by atoms with E-state index in [1.807, 2.05) is 0 Å². The molecule has 0 radical (unpaired) electrons. The van der Waals surface area contributed by atoms with Crippen molar-refractivity contribution in [1.82, 2.24) is 9.55 Å². The van der Waals surface area contributed by atoms with Gasteiger partial charge >= 0.3 is 0 Å². The molecule has 0 unspecified atom stereocenters. The molecule has 3 nitrogen and oxygen atoms in total. The Labute approximate surface area is 129 Å². The Morgan fingerprint density at radius 2 is 1.48 bits per heavy atom. The highest BCUT2D eigenvalue weighted by molar-refractivity contribution is 5.31. The van der Waals surface area contributed by atoms with Crippen LogP contribution in [0.5, 0.6) is 0 Å². The molecule has 0 aromatic carbocycles. The maximum absolute atomic E-state index is 4.79. The number of anilines is 1. The molecule has 1 aromatic rings. The highest BCUT2D eigenvalue weighted by atomic mass is 15.2. The van der Waals surface area contributed by atoms with E-state index in [1.165, 1.54) is 77.0 Å². The van der Waals surface area contributed by atoms with Gasteiger partial charge < -0.3 is 9.88 Å². The van der Waals surface area contributed by atoms with Crippen molar-refractivity contribution in [3.05, 3.63) is 11.9 Å². The predicted molar refractivity (Wildman–Crippen MR) is 88.8 cm³/mol.